The van der Waals surface area contributed by atoms with E-state index in [0.717, 1.165) is 33.6 Å². The van der Waals surface area contributed by atoms with E-state index in [1.165, 1.54) is 0 Å². The van der Waals surface area contributed by atoms with Gasteiger partial charge in [0.05, 0.1) is 11.5 Å². The number of nitrogens with zero attached hydrogens (tertiary/aromatic N) is 2. The van der Waals surface area contributed by atoms with E-state index in [9.17, 15) is 14.4 Å². The van der Waals surface area contributed by atoms with Crippen LogP contribution in [0.2, 0.25) is 0 Å². The Kier molecular flexibility index (Phi) is 5.27. The third-order valence-electron chi connectivity index (χ3n) is 3.59. The Hall–Kier alpha value is -2.06. The number of carboxylic acids is 1. The van der Waals surface area contributed by atoms with Crippen LogP contribution in [0.25, 0.3) is 6.08 Å². The number of hydrogen-bond donors (Lipinski definition) is 1. The average molecular weight is 338 g/mol. The molecule has 0 aromatic carbocycles. The van der Waals surface area contributed by atoms with Crippen molar-refractivity contribution in [3.05, 3.63) is 27.9 Å². The first-order chi connectivity index (χ1) is 10.8. The van der Waals surface area contributed by atoms with Crippen molar-refractivity contribution < 1.29 is 24.2 Å². The third-order valence-corrected chi connectivity index (χ3v) is 4.49. The van der Waals surface area contributed by atoms with Crippen molar-refractivity contribution in [1.29, 1.82) is 0 Å². The maximum Gasteiger partial charge on any atom is 0.323 e. The molecule has 7 nitrogen and oxygen atoms in total. The molecule has 1 aliphatic heterocycles. The molecular formula is C15H18N2O5S. The van der Waals surface area contributed by atoms with Crippen molar-refractivity contribution >= 4 is 35.0 Å². The highest BCUT2D eigenvalue weighted by molar-refractivity contribution is 8.18. The van der Waals surface area contributed by atoms with Crippen molar-refractivity contribution in [1.82, 2.24) is 9.47 Å². The Morgan fingerprint density at radius 3 is 2.70 bits per heavy atom. The summed E-state index contributed by atoms with van der Waals surface area (Å²) < 4.78 is 7.15. The summed E-state index contributed by atoms with van der Waals surface area (Å²) in [5.74, 6) is -1.78. The molecule has 0 aliphatic carbocycles. The van der Waals surface area contributed by atoms with Crippen LogP contribution in [0.5, 0.6) is 0 Å². The number of carboxylic acid groups (broad SMARTS) is 1. The molecule has 8 heteroatoms. The zero-order valence-electron chi connectivity index (χ0n) is 13.2. The second-order valence-electron chi connectivity index (χ2n) is 5.13. The lowest BCUT2D eigenvalue weighted by Crippen LogP contribution is -2.33. The van der Waals surface area contributed by atoms with Gasteiger partial charge >= 0.3 is 5.97 Å². The van der Waals surface area contributed by atoms with E-state index in [2.05, 4.69) is 4.57 Å². The Labute approximate surface area is 137 Å². The molecule has 1 aliphatic rings. The summed E-state index contributed by atoms with van der Waals surface area (Å²) in [6.07, 6.45) is 1.64. The van der Waals surface area contributed by atoms with Crippen LogP contribution in [0.1, 0.15) is 17.0 Å². The van der Waals surface area contributed by atoms with Crippen LogP contribution in [0.4, 0.5) is 4.79 Å². The van der Waals surface area contributed by atoms with Gasteiger partial charge in [-0.05, 0) is 43.3 Å². The first kappa shape index (κ1) is 17.3. The SMILES string of the molecule is COCCn1c(C)cc(/C=C2/SC(=O)N(CC(=O)O)C2=O)c1C. The molecule has 124 valence electrons. The fourth-order valence-electron chi connectivity index (χ4n) is 2.41. The van der Waals surface area contributed by atoms with Crippen LogP contribution in [0.15, 0.2) is 11.0 Å². The predicted molar refractivity (Wildman–Crippen MR) is 86.1 cm³/mol. The number of amides is 2. The van der Waals surface area contributed by atoms with Crippen molar-refractivity contribution in [3.63, 3.8) is 0 Å². The fourth-order valence-corrected chi connectivity index (χ4v) is 3.24. The van der Waals surface area contributed by atoms with E-state index < -0.39 is 23.7 Å². The lowest BCUT2D eigenvalue weighted by Gasteiger charge is -2.08. The molecule has 23 heavy (non-hydrogen) atoms. The van der Waals surface area contributed by atoms with Gasteiger partial charge in [-0.2, -0.15) is 0 Å². The Bertz CT molecular complexity index is 692. The van der Waals surface area contributed by atoms with Gasteiger partial charge in [-0.1, -0.05) is 0 Å². The quantitative estimate of drug-likeness (QED) is 0.797. The second-order valence-corrected chi connectivity index (χ2v) is 6.13. The van der Waals surface area contributed by atoms with Gasteiger partial charge in [0.25, 0.3) is 11.1 Å². The minimum Gasteiger partial charge on any atom is -0.480 e. The molecule has 2 amide bonds. The first-order valence-corrected chi connectivity index (χ1v) is 7.79. The maximum absolute atomic E-state index is 12.2. The zero-order chi connectivity index (χ0) is 17.1. The molecule has 1 N–H and O–H groups in total. The molecule has 1 aromatic heterocycles. The van der Waals surface area contributed by atoms with E-state index in [0.29, 0.717) is 13.2 Å². The molecule has 1 saturated heterocycles. The minimum absolute atomic E-state index is 0.239. The van der Waals surface area contributed by atoms with Gasteiger partial charge < -0.3 is 14.4 Å². The van der Waals surface area contributed by atoms with Gasteiger partial charge in [-0.25, -0.2) is 0 Å². The highest BCUT2D eigenvalue weighted by Gasteiger charge is 2.36. The predicted octanol–water partition coefficient (Wildman–Crippen LogP) is 1.87. The monoisotopic (exact) mass is 338 g/mol. The van der Waals surface area contributed by atoms with Crippen molar-refractivity contribution in [3.8, 4) is 0 Å². The number of carbonyl (C=O) groups is 3. The van der Waals surface area contributed by atoms with Crippen molar-refractivity contribution in [2.75, 3.05) is 20.3 Å². The number of aromatic nitrogens is 1. The second kappa shape index (κ2) is 7.01. The molecule has 0 unspecified atom stereocenters. The highest BCUT2D eigenvalue weighted by Crippen LogP contribution is 2.33. The largest absolute Gasteiger partial charge is 0.480 e. The van der Waals surface area contributed by atoms with Crippen LogP contribution in [0.3, 0.4) is 0 Å². The van der Waals surface area contributed by atoms with Crippen molar-refractivity contribution in [2.45, 2.75) is 20.4 Å². The maximum atomic E-state index is 12.2. The standard InChI is InChI=1S/C15H18N2O5S/c1-9-6-11(10(2)16(9)4-5-22-3)7-12-14(20)17(8-13(18)19)15(21)23-12/h6-7H,4-5,8H2,1-3H3,(H,18,19)/b12-7+. The average Bonchev–Trinajstić information content (AvgIpc) is 2.88. The van der Waals surface area contributed by atoms with Gasteiger partial charge in [0, 0.05) is 25.0 Å². The molecule has 0 spiro atoms. The first-order valence-electron chi connectivity index (χ1n) is 6.98. The fraction of sp³-hybridized carbons (Fsp3) is 0.400. The molecule has 0 atom stereocenters. The third kappa shape index (κ3) is 3.65. The van der Waals surface area contributed by atoms with Crippen LogP contribution in [-0.4, -0.2) is 52.0 Å². The minimum atomic E-state index is -1.22. The molecule has 2 heterocycles. The molecule has 0 saturated carbocycles. The zero-order valence-corrected chi connectivity index (χ0v) is 14.0. The van der Waals surface area contributed by atoms with E-state index in [1.807, 2.05) is 19.9 Å². The number of ether oxygens (including phenoxy) is 1. The topological polar surface area (TPSA) is 88.8 Å². The van der Waals surface area contributed by atoms with E-state index >= 15 is 0 Å². The summed E-state index contributed by atoms with van der Waals surface area (Å²) in [6.45, 7) is 4.54. The summed E-state index contributed by atoms with van der Waals surface area (Å²) in [5.41, 5.74) is 2.82. The van der Waals surface area contributed by atoms with E-state index in [1.54, 1.807) is 13.2 Å². The van der Waals surface area contributed by atoms with E-state index in [-0.39, 0.29) is 4.91 Å². The van der Waals surface area contributed by atoms with Gasteiger partial charge in [-0.3, -0.25) is 19.3 Å². The van der Waals surface area contributed by atoms with Gasteiger partial charge in [0.15, 0.2) is 0 Å². The molecule has 0 radical (unpaired) electrons. The molecule has 0 bridgehead atoms. The number of rotatable bonds is 6. The highest BCUT2D eigenvalue weighted by atomic mass is 32.2. The number of aliphatic carboxylic acids is 1. The number of imide groups is 1. The smallest absolute Gasteiger partial charge is 0.323 e. The van der Waals surface area contributed by atoms with Gasteiger partial charge in [-0.15, -0.1) is 0 Å². The van der Waals surface area contributed by atoms with Crippen LogP contribution in [-0.2, 0) is 20.9 Å². The van der Waals surface area contributed by atoms with E-state index in [4.69, 9.17) is 9.84 Å². The number of hydrogen-bond acceptors (Lipinski definition) is 5. The molecular weight excluding hydrogens is 320 g/mol. The van der Waals surface area contributed by atoms with Gasteiger partial charge in [0.2, 0.25) is 0 Å². The normalized spacial score (nSPS) is 16.7. The summed E-state index contributed by atoms with van der Waals surface area (Å²) in [6, 6.07) is 1.93. The Morgan fingerprint density at radius 1 is 1.39 bits per heavy atom. The van der Waals surface area contributed by atoms with Crippen LogP contribution in [0, 0.1) is 13.8 Å². The lowest BCUT2D eigenvalue weighted by atomic mass is 10.2. The summed E-state index contributed by atoms with van der Waals surface area (Å²) in [5, 5.41) is 8.20. The Balaban J connectivity index is 2.27. The number of carbonyl (C=O) groups excluding carboxylic acids is 2. The van der Waals surface area contributed by atoms with Gasteiger partial charge in [0.1, 0.15) is 6.54 Å². The summed E-state index contributed by atoms with van der Waals surface area (Å²) in [4.78, 5) is 35.6. The number of aryl methyl sites for hydroxylation is 1. The summed E-state index contributed by atoms with van der Waals surface area (Å²) in [7, 11) is 1.63. The Morgan fingerprint density at radius 2 is 2.09 bits per heavy atom. The molecule has 1 aromatic rings. The molecule has 2 rings (SSSR count). The van der Waals surface area contributed by atoms with Crippen molar-refractivity contribution in [2.24, 2.45) is 0 Å². The number of thioether (sulfide) groups is 1. The van der Waals surface area contributed by atoms with Crippen LogP contribution >= 0.6 is 11.8 Å². The lowest BCUT2D eigenvalue weighted by molar-refractivity contribution is -0.140. The number of methoxy groups -OCH3 is 1. The molecule has 1 fully saturated rings. The van der Waals surface area contributed by atoms with Crippen LogP contribution < -0.4 is 0 Å². The summed E-state index contributed by atoms with van der Waals surface area (Å²) >= 11 is 0.762.